The minimum Gasteiger partial charge on any atom is -0.328 e. The second-order valence-electron chi connectivity index (χ2n) is 23.8. The first kappa shape index (κ1) is 44.6. The molecule has 0 atom stereocenters. The fraction of sp³-hybridized carbons (Fsp3) is 0.446. The molecular weight excluding hydrogens is 761 g/mol. The molecule has 1 aliphatic rings. The molecule has 0 saturated heterocycles. The molecule has 4 aromatic carbocycles. The predicted octanol–water partition coefficient (Wildman–Crippen LogP) is 16.0. The highest BCUT2D eigenvalue weighted by Crippen LogP contribution is 2.44. The summed E-state index contributed by atoms with van der Waals surface area (Å²) in [6.45, 7) is 42.4. The monoisotopic (exact) mass is 833 g/mol. The van der Waals surface area contributed by atoms with E-state index in [1.807, 2.05) is 18.0 Å². The van der Waals surface area contributed by atoms with E-state index in [1.54, 1.807) is 0 Å². The zero-order chi connectivity index (χ0) is 44.8. The van der Waals surface area contributed by atoms with Crippen molar-refractivity contribution in [3.63, 3.8) is 0 Å². The number of aromatic nitrogens is 2. The maximum Gasteiger partial charge on any atom is 0.137 e. The van der Waals surface area contributed by atoms with Gasteiger partial charge < -0.3 is 9.80 Å². The van der Waals surface area contributed by atoms with Gasteiger partial charge in [0.2, 0.25) is 0 Å². The summed E-state index contributed by atoms with van der Waals surface area (Å²) >= 11 is 1.86. The van der Waals surface area contributed by atoms with Gasteiger partial charge in [-0.3, -0.25) is 4.57 Å². The number of rotatable bonds is 5. The van der Waals surface area contributed by atoms with E-state index in [0.717, 1.165) is 12.5 Å². The number of nitrogens with zero attached hydrogens (tertiary/aromatic N) is 4. The largest absolute Gasteiger partial charge is 0.328 e. The molecule has 2 aromatic heterocycles. The summed E-state index contributed by atoms with van der Waals surface area (Å²) < 4.78 is 2.40. The molecule has 0 spiro atoms. The molecule has 61 heavy (non-hydrogen) atoms. The van der Waals surface area contributed by atoms with Gasteiger partial charge in [0.1, 0.15) is 5.82 Å². The predicted molar refractivity (Wildman–Crippen MR) is 266 cm³/mol. The Morgan fingerprint density at radius 3 is 1.51 bits per heavy atom. The van der Waals surface area contributed by atoms with E-state index < -0.39 is 0 Å². The molecule has 0 amide bonds. The van der Waals surface area contributed by atoms with Crippen LogP contribution in [0.3, 0.4) is 0 Å². The van der Waals surface area contributed by atoms with Gasteiger partial charge >= 0.3 is 0 Å². The number of allylic oxidation sites excluding steroid dienone is 1. The Morgan fingerprint density at radius 2 is 0.951 bits per heavy atom. The van der Waals surface area contributed by atoms with Crippen LogP contribution >= 0.6 is 11.8 Å². The lowest BCUT2D eigenvalue weighted by Crippen LogP contribution is -2.31. The van der Waals surface area contributed by atoms with Crippen LogP contribution < -0.4 is 9.80 Å². The number of hydrogen-bond acceptors (Lipinski definition) is 4. The van der Waals surface area contributed by atoms with Crippen LogP contribution in [0.2, 0.25) is 0 Å². The molecule has 322 valence electrons. The van der Waals surface area contributed by atoms with Crippen LogP contribution in [0.1, 0.15) is 152 Å². The molecule has 1 aliphatic heterocycles. The van der Waals surface area contributed by atoms with E-state index in [0.29, 0.717) is 0 Å². The summed E-state index contributed by atoms with van der Waals surface area (Å²) in [5, 5.41) is 2.50. The normalized spacial score (nSPS) is 14.8. The van der Waals surface area contributed by atoms with Crippen LogP contribution in [0.4, 0.5) is 11.4 Å². The van der Waals surface area contributed by atoms with Gasteiger partial charge in [-0.2, -0.15) is 0 Å². The molecule has 6 aromatic rings. The Hall–Kier alpha value is -4.48. The van der Waals surface area contributed by atoms with Crippen molar-refractivity contribution in [1.29, 1.82) is 0 Å². The SMILES string of the molecule is CC(C)(C)C1=CN(c2cc(C(C)(C)C)cc(C(C)(C)C)c2)CN1c1cc(Sc2ccc3c4ccc(C(C)(C)C)cc4n(-c4cc(C(C)(C)C)ccn4)c3c2)cc(C(C)(C)C)c1. The zero-order valence-corrected chi connectivity index (χ0v) is 41.5. The first-order valence-electron chi connectivity index (χ1n) is 22.3. The number of fused-ring (bicyclic) bond motifs is 3. The maximum atomic E-state index is 5.02. The van der Waals surface area contributed by atoms with Crippen LogP contribution in [0, 0.1) is 5.41 Å². The van der Waals surface area contributed by atoms with Crippen molar-refractivity contribution in [2.45, 2.75) is 161 Å². The van der Waals surface area contributed by atoms with E-state index in [-0.39, 0.29) is 32.5 Å². The fourth-order valence-electron chi connectivity index (χ4n) is 8.25. The molecule has 0 unspecified atom stereocenters. The van der Waals surface area contributed by atoms with Gasteiger partial charge in [-0.1, -0.05) is 161 Å². The summed E-state index contributed by atoms with van der Waals surface area (Å²) in [5.41, 5.74) is 12.8. The molecule has 7 rings (SSSR count). The van der Waals surface area contributed by atoms with Crippen molar-refractivity contribution in [1.82, 2.24) is 9.55 Å². The Labute approximate surface area is 372 Å². The van der Waals surface area contributed by atoms with Crippen molar-refractivity contribution in [3.05, 3.63) is 131 Å². The van der Waals surface area contributed by atoms with Gasteiger partial charge in [0.25, 0.3) is 0 Å². The molecule has 3 heterocycles. The summed E-state index contributed by atoms with van der Waals surface area (Å²) in [4.78, 5) is 12.5. The van der Waals surface area contributed by atoms with Gasteiger partial charge in [-0.25, -0.2) is 4.98 Å². The molecule has 5 heteroatoms. The van der Waals surface area contributed by atoms with Crippen molar-refractivity contribution < 1.29 is 0 Å². The summed E-state index contributed by atoms with van der Waals surface area (Å²) in [6, 6.07) is 33.0. The molecule has 0 fully saturated rings. The Kier molecular flexibility index (Phi) is 11.0. The van der Waals surface area contributed by atoms with E-state index in [2.05, 4.69) is 230 Å². The number of hydrogen-bond donors (Lipinski definition) is 0. The summed E-state index contributed by atoms with van der Waals surface area (Å²) in [5.74, 6) is 0.959. The highest BCUT2D eigenvalue weighted by atomic mass is 32.2. The standard InChI is InChI=1S/C56H72N4S/c1-51(2,3)36-19-21-45-46-22-20-43(33-48(46)60(47(45)30-36)50-31-37(23-24-57-50)52(4,5)6)61-44-29-40(55(13,14)15)28-42(32-44)59-35-58(34-49(59)56(16,17)18)41-26-38(53(7,8)9)25-39(27-41)54(10,11)12/h19-34H,35H2,1-18H3. The van der Waals surface area contributed by atoms with E-state index in [1.165, 1.54) is 76.5 Å². The first-order valence-corrected chi connectivity index (χ1v) is 23.1. The Morgan fingerprint density at radius 1 is 0.443 bits per heavy atom. The third-order valence-electron chi connectivity index (χ3n) is 12.4. The third-order valence-corrected chi connectivity index (χ3v) is 13.3. The van der Waals surface area contributed by atoms with Crippen LogP contribution in [0.15, 0.2) is 113 Å². The molecule has 4 nitrogen and oxygen atoms in total. The van der Waals surface area contributed by atoms with Crippen molar-refractivity contribution in [3.8, 4) is 5.82 Å². The maximum absolute atomic E-state index is 5.02. The number of benzene rings is 4. The minimum atomic E-state index is -0.0715. The van der Waals surface area contributed by atoms with E-state index >= 15 is 0 Å². The highest BCUT2D eigenvalue weighted by molar-refractivity contribution is 7.99. The lowest BCUT2D eigenvalue weighted by atomic mass is 9.80. The van der Waals surface area contributed by atoms with E-state index in [4.69, 9.17) is 4.98 Å². The van der Waals surface area contributed by atoms with Crippen LogP contribution in [-0.2, 0) is 27.1 Å². The quantitative estimate of drug-likeness (QED) is 0.173. The Bertz CT molecular complexity index is 2620. The van der Waals surface area contributed by atoms with Crippen molar-refractivity contribution in [2.75, 3.05) is 16.5 Å². The second-order valence-corrected chi connectivity index (χ2v) is 24.9. The van der Waals surface area contributed by atoms with Gasteiger partial charge in [-0.05, 0) is 116 Å². The minimum absolute atomic E-state index is 0.00402. The molecular formula is C56H72N4S. The van der Waals surface area contributed by atoms with Crippen LogP contribution in [-0.4, -0.2) is 16.2 Å². The summed E-state index contributed by atoms with van der Waals surface area (Å²) in [7, 11) is 0. The van der Waals surface area contributed by atoms with Crippen LogP contribution in [0.5, 0.6) is 0 Å². The molecule has 0 N–H and O–H groups in total. The Balaban J connectivity index is 1.35. The first-order chi connectivity index (χ1) is 28.0. The lowest BCUT2D eigenvalue weighted by Gasteiger charge is -2.33. The molecule has 0 radical (unpaired) electrons. The van der Waals surface area contributed by atoms with Gasteiger partial charge in [-0.15, -0.1) is 0 Å². The average Bonchev–Trinajstić information content (AvgIpc) is 3.73. The van der Waals surface area contributed by atoms with Gasteiger partial charge in [0, 0.05) is 55.4 Å². The van der Waals surface area contributed by atoms with Crippen LogP contribution in [0.25, 0.3) is 27.6 Å². The number of anilines is 2. The lowest BCUT2D eigenvalue weighted by molar-refractivity contribution is 0.492. The molecule has 0 bridgehead atoms. The smallest absolute Gasteiger partial charge is 0.137 e. The highest BCUT2D eigenvalue weighted by Gasteiger charge is 2.33. The van der Waals surface area contributed by atoms with Gasteiger partial charge in [0.05, 0.1) is 17.7 Å². The van der Waals surface area contributed by atoms with E-state index in [9.17, 15) is 0 Å². The molecule has 0 aliphatic carbocycles. The number of pyridine rings is 1. The topological polar surface area (TPSA) is 24.3 Å². The zero-order valence-electron chi connectivity index (χ0n) is 40.6. The fourth-order valence-corrected chi connectivity index (χ4v) is 9.20. The van der Waals surface area contributed by atoms with Crippen molar-refractivity contribution >= 4 is 44.9 Å². The molecule has 0 saturated carbocycles. The van der Waals surface area contributed by atoms with Gasteiger partial charge in [0.15, 0.2) is 0 Å². The third kappa shape index (κ3) is 9.19. The van der Waals surface area contributed by atoms with Crippen molar-refractivity contribution in [2.24, 2.45) is 5.41 Å². The second kappa shape index (κ2) is 15.1. The average molecular weight is 833 g/mol. The summed E-state index contributed by atoms with van der Waals surface area (Å²) in [6.07, 6.45) is 4.38.